The van der Waals surface area contributed by atoms with Crippen LogP contribution in [0.5, 0.6) is 0 Å². The predicted octanol–water partition coefficient (Wildman–Crippen LogP) is -0.573. The molecule has 0 atom stereocenters. The Morgan fingerprint density at radius 3 is 2.23 bits per heavy atom. The molecule has 0 amide bonds. The van der Waals surface area contributed by atoms with Crippen LogP contribution in [0.3, 0.4) is 0 Å². The fourth-order valence-electron chi connectivity index (χ4n) is 1.19. The van der Waals surface area contributed by atoms with Gasteiger partial charge in [-0.3, -0.25) is 0 Å². The quantitative estimate of drug-likeness (QED) is 0.599. The zero-order valence-corrected chi connectivity index (χ0v) is 10.5. The van der Waals surface area contributed by atoms with E-state index in [4.69, 9.17) is 5.11 Å². The van der Waals surface area contributed by atoms with Crippen molar-refractivity contribution in [3.63, 3.8) is 0 Å². The molecule has 0 aromatic heterocycles. The molecule has 0 saturated carbocycles. The van der Waals surface area contributed by atoms with Crippen LogP contribution in [0, 0.1) is 20.8 Å². The maximum atomic E-state index is 10.7. The van der Waals surface area contributed by atoms with Crippen molar-refractivity contribution in [1.29, 1.82) is 0 Å². The number of hydrogen-bond donors (Lipinski definition) is 1. The third-order valence-electron chi connectivity index (χ3n) is 2.29. The van der Waals surface area contributed by atoms with Crippen molar-refractivity contribution in [2.45, 2.75) is 20.8 Å². The van der Waals surface area contributed by atoms with E-state index in [1.54, 1.807) is 6.07 Å². The van der Waals surface area contributed by atoms with Gasteiger partial charge in [-0.1, -0.05) is 6.07 Å². The topological polar surface area (TPSA) is 37.3 Å². The van der Waals surface area contributed by atoms with Crippen molar-refractivity contribution in [2.75, 3.05) is 0 Å². The van der Waals surface area contributed by atoms with Gasteiger partial charge < -0.3 is 6.53 Å². The summed E-state index contributed by atoms with van der Waals surface area (Å²) in [6.45, 7) is 5.76. The van der Waals surface area contributed by atoms with E-state index < -0.39 is 5.97 Å². The fourth-order valence-corrected chi connectivity index (χ4v) is 1.19. The zero-order valence-electron chi connectivity index (χ0n) is 9.51. The molecule has 1 aromatic rings. The maximum absolute atomic E-state index is 10.7. The van der Waals surface area contributed by atoms with Crippen molar-refractivity contribution in [3.8, 4) is 0 Å². The van der Waals surface area contributed by atoms with Gasteiger partial charge in [0.15, 0.2) is 0 Å². The van der Waals surface area contributed by atoms with Crippen LogP contribution < -0.4 is 29.6 Å². The molecule has 0 aliphatic rings. The largest absolute Gasteiger partial charge is 1.00 e. The number of carboxylic acids is 1. The second-order valence-electron chi connectivity index (χ2n) is 2.99. The SMILES string of the molecule is Cc1ccc(C(=O)O)c(C)c1C.[H-].[Na+]. The standard InChI is InChI=1S/C10H12O2.Na.H/c1-6-4-5-9(10(11)12)8(3)7(6)2;;/h4-5H,1-3H3,(H,11,12);;/q;+1;-1. The Morgan fingerprint density at radius 1 is 1.23 bits per heavy atom. The van der Waals surface area contributed by atoms with Gasteiger partial charge in [0.1, 0.15) is 0 Å². The Hall–Kier alpha value is -0.310. The monoisotopic (exact) mass is 188 g/mol. The average Bonchev–Trinajstić information content (AvgIpc) is 2.00. The molecule has 3 heteroatoms. The third kappa shape index (κ3) is 2.56. The molecule has 0 saturated heterocycles. The Labute approximate surface area is 102 Å². The molecule has 1 aromatic carbocycles. The molecule has 0 aliphatic heterocycles. The van der Waals surface area contributed by atoms with Crippen molar-refractivity contribution < 1.29 is 40.9 Å². The molecular weight excluding hydrogens is 175 g/mol. The minimum absolute atomic E-state index is 0. The summed E-state index contributed by atoms with van der Waals surface area (Å²) in [5, 5.41) is 8.78. The Morgan fingerprint density at radius 2 is 1.77 bits per heavy atom. The van der Waals surface area contributed by atoms with Crippen molar-refractivity contribution >= 4 is 5.97 Å². The molecule has 0 aliphatic carbocycles. The van der Waals surface area contributed by atoms with Gasteiger partial charge in [0.05, 0.1) is 5.56 Å². The van der Waals surface area contributed by atoms with E-state index in [-0.39, 0.29) is 31.0 Å². The number of rotatable bonds is 1. The first-order valence-electron chi connectivity index (χ1n) is 3.84. The van der Waals surface area contributed by atoms with E-state index in [9.17, 15) is 4.79 Å². The van der Waals surface area contributed by atoms with Crippen LogP contribution >= 0.6 is 0 Å². The summed E-state index contributed by atoms with van der Waals surface area (Å²) in [6.07, 6.45) is 0. The zero-order chi connectivity index (χ0) is 9.30. The summed E-state index contributed by atoms with van der Waals surface area (Å²) in [6, 6.07) is 3.49. The van der Waals surface area contributed by atoms with Crippen LogP contribution in [0.1, 0.15) is 28.5 Å². The Balaban J connectivity index is 0. The molecule has 1 rings (SSSR count). The van der Waals surface area contributed by atoms with Crippen LogP contribution in [0.15, 0.2) is 12.1 Å². The number of carbonyl (C=O) groups is 1. The van der Waals surface area contributed by atoms with Gasteiger partial charge in [-0.15, -0.1) is 0 Å². The molecule has 66 valence electrons. The Kier molecular flexibility index (Phi) is 4.68. The second-order valence-corrected chi connectivity index (χ2v) is 2.99. The summed E-state index contributed by atoms with van der Waals surface area (Å²) in [5.41, 5.74) is 3.47. The number of benzene rings is 1. The van der Waals surface area contributed by atoms with Crippen molar-refractivity contribution in [2.24, 2.45) is 0 Å². The molecular formula is C10H13NaO2. The van der Waals surface area contributed by atoms with Crippen LogP contribution in [-0.4, -0.2) is 11.1 Å². The molecule has 2 nitrogen and oxygen atoms in total. The van der Waals surface area contributed by atoms with E-state index >= 15 is 0 Å². The maximum Gasteiger partial charge on any atom is 1.00 e. The van der Waals surface area contributed by atoms with Crippen LogP contribution in [-0.2, 0) is 0 Å². The smallest absolute Gasteiger partial charge is 1.00 e. The third-order valence-corrected chi connectivity index (χ3v) is 2.29. The minimum Gasteiger partial charge on any atom is -1.00 e. The van der Waals surface area contributed by atoms with Gasteiger partial charge in [-0.25, -0.2) is 4.79 Å². The molecule has 0 fully saturated rings. The summed E-state index contributed by atoms with van der Waals surface area (Å²) < 4.78 is 0. The minimum atomic E-state index is -0.851. The number of carboxylic acid groups (broad SMARTS) is 1. The second kappa shape index (κ2) is 4.80. The molecule has 0 bridgehead atoms. The van der Waals surface area contributed by atoms with Gasteiger partial charge >= 0.3 is 35.5 Å². The molecule has 1 N–H and O–H groups in total. The van der Waals surface area contributed by atoms with Gasteiger partial charge in [0.25, 0.3) is 0 Å². The summed E-state index contributed by atoms with van der Waals surface area (Å²) in [5.74, 6) is -0.851. The van der Waals surface area contributed by atoms with Crippen LogP contribution in [0.2, 0.25) is 0 Å². The van der Waals surface area contributed by atoms with Crippen LogP contribution in [0.25, 0.3) is 0 Å². The van der Waals surface area contributed by atoms with E-state index in [1.165, 1.54) is 0 Å². The Bertz CT molecular complexity index is 337. The number of hydrogen-bond acceptors (Lipinski definition) is 1. The first-order valence-corrected chi connectivity index (χ1v) is 3.84. The molecule has 0 radical (unpaired) electrons. The van der Waals surface area contributed by atoms with Crippen LogP contribution in [0.4, 0.5) is 0 Å². The first-order chi connectivity index (χ1) is 5.54. The first kappa shape index (κ1) is 12.7. The fraction of sp³-hybridized carbons (Fsp3) is 0.300. The predicted molar refractivity (Wildman–Crippen MR) is 48.7 cm³/mol. The van der Waals surface area contributed by atoms with Gasteiger partial charge in [0, 0.05) is 0 Å². The number of aryl methyl sites for hydroxylation is 1. The van der Waals surface area contributed by atoms with E-state index in [2.05, 4.69) is 0 Å². The molecule has 0 spiro atoms. The normalized spacial score (nSPS) is 9.15. The van der Waals surface area contributed by atoms with Gasteiger partial charge in [-0.05, 0) is 43.5 Å². The number of aromatic carboxylic acids is 1. The summed E-state index contributed by atoms with van der Waals surface area (Å²) >= 11 is 0. The molecule has 13 heavy (non-hydrogen) atoms. The average molecular weight is 188 g/mol. The molecule has 0 heterocycles. The van der Waals surface area contributed by atoms with Gasteiger partial charge in [0.2, 0.25) is 0 Å². The summed E-state index contributed by atoms with van der Waals surface area (Å²) in [4.78, 5) is 10.7. The van der Waals surface area contributed by atoms with E-state index in [1.807, 2.05) is 26.8 Å². The molecule has 0 unspecified atom stereocenters. The van der Waals surface area contributed by atoms with E-state index in [0.717, 1.165) is 16.7 Å². The summed E-state index contributed by atoms with van der Waals surface area (Å²) in [7, 11) is 0. The van der Waals surface area contributed by atoms with Gasteiger partial charge in [-0.2, -0.15) is 0 Å². The van der Waals surface area contributed by atoms with Crippen molar-refractivity contribution in [3.05, 3.63) is 34.4 Å². The van der Waals surface area contributed by atoms with Crippen molar-refractivity contribution in [1.82, 2.24) is 0 Å². The van der Waals surface area contributed by atoms with E-state index in [0.29, 0.717) is 5.56 Å².